The lowest BCUT2D eigenvalue weighted by atomic mass is 9.85. The van der Waals surface area contributed by atoms with Gasteiger partial charge in [0, 0.05) is 11.1 Å². The Labute approximate surface area is 124 Å². The third-order valence-electron chi connectivity index (χ3n) is 3.75. The minimum Gasteiger partial charge on any atom is -0.378 e. The van der Waals surface area contributed by atoms with Crippen LogP contribution >= 0.6 is 11.8 Å². The van der Waals surface area contributed by atoms with Crippen molar-refractivity contribution in [1.29, 1.82) is 0 Å². The number of hydrogen-bond donors (Lipinski definition) is 1. The second-order valence-electron chi connectivity index (χ2n) is 4.97. The van der Waals surface area contributed by atoms with Gasteiger partial charge in [0.25, 0.3) is 0 Å². The van der Waals surface area contributed by atoms with Crippen molar-refractivity contribution < 1.29 is 13.2 Å². The fourth-order valence-corrected chi connectivity index (χ4v) is 3.74. The van der Waals surface area contributed by atoms with Crippen LogP contribution < -0.4 is 5.73 Å². The van der Waals surface area contributed by atoms with Gasteiger partial charge in [-0.3, -0.25) is 0 Å². The largest absolute Gasteiger partial charge is 0.378 e. The van der Waals surface area contributed by atoms with Gasteiger partial charge in [-0.1, -0.05) is 23.8 Å². The Kier molecular flexibility index (Phi) is 3.06. The monoisotopic (exact) mass is 308 g/mol. The lowest BCUT2D eigenvalue weighted by Gasteiger charge is -2.33. The molecule has 3 rings (SSSR count). The first-order chi connectivity index (χ1) is 10.0. The molecule has 0 saturated heterocycles. The van der Waals surface area contributed by atoms with E-state index in [0.717, 1.165) is 17.8 Å². The van der Waals surface area contributed by atoms with Crippen LogP contribution in [0.25, 0.3) is 0 Å². The quantitative estimate of drug-likeness (QED) is 0.689. The molecule has 1 heterocycles. The van der Waals surface area contributed by atoms with Gasteiger partial charge in [-0.15, -0.1) is 6.42 Å². The van der Waals surface area contributed by atoms with E-state index in [4.69, 9.17) is 12.2 Å². The normalized spacial score (nSPS) is 30.0. The van der Waals surface area contributed by atoms with E-state index < -0.39 is 29.5 Å². The lowest BCUT2D eigenvalue weighted by Crippen LogP contribution is -2.39. The molecule has 0 aromatic heterocycles. The van der Waals surface area contributed by atoms with Crippen LogP contribution in [-0.2, 0) is 5.54 Å². The predicted molar refractivity (Wildman–Crippen MR) is 78.0 cm³/mol. The molecular weight excluding hydrogens is 297 g/mol. The number of fused-ring (bicyclic) bond motifs is 1. The number of nitrogens with two attached hydrogens (primary N) is 1. The van der Waals surface area contributed by atoms with E-state index in [2.05, 4.69) is 10.9 Å². The van der Waals surface area contributed by atoms with Crippen molar-refractivity contribution in [2.24, 2.45) is 10.7 Å². The summed E-state index contributed by atoms with van der Waals surface area (Å²) in [7, 11) is 0. The van der Waals surface area contributed by atoms with Crippen LogP contribution in [0.5, 0.6) is 0 Å². The van der Waals surface area contributed by atoms with E-state index in [9.17, 15) is 13.2 Å². The van der Waals surface area contributed by atoms with Gasteiger partial charge in [0.2, 0.25) is 0 Å². The molecule has 0 fully saturated rings. The van der Waals surface area contributed by atoms with E-state index in [0.29, 0.717) is 11.1 Å². The molecule has 1 aliphatic heterocycles. The average molecular weight is 308 g/mol. The van der Waals surface area contributed by atoms with Gasteiger partial charge in [-0.2, -0.15) is 0 Å². The summed E-state index contributed by atoms with van der Waals surface area (Å²) in [6.45, 7) is -1.74. The summed E-state index contributed by atoms with van der Waals surface area (Å²) in [5.41, 5.74) is 4.89. The molecule has 1 aromatic rings. The predicted octanol–water partition coefficient (Wildman–Crippen LogP) is 2.68. The standard InChI is InChI=1S/C15H11F3N2S/c1-2-9-3-4-11(18)10(5-9)15(8-17)12-6-14(12,7-16)21-13(19)20-15/h1,3-6H,7-8H2,(H2,19,20)/t14-,15-/m1/s1. The topological polar surface area (TPSA) is 38.4 Å². The number of hydrogen-bond acceptors (Lipinski definition) is 3. The van der Waals surface area contributed by atoms with Gasteiger partial charge in [-0.05, 0) is 23.8 Å². The molecule has 0 unspecified atom stereocenters. The minimum absolute atomic E-state index is 0.00900. The summed E-state index contributed by atoms with van der Waals surface area (Å²) in [6.07, 6.45) is 6.86. The molecule has 1 aliphatic carbocycles. The first kappa shape index (κ1) is 14.1. The van der Waals surface area contributed by atoms with Crippen LogP contribution in [0, 0.1) is 18.2 Å². The van der Waals surface area contributed by atoms with Crippen molar-refractivity contribution >= 4 is 16.9 Å². The fraction of sp³-hybridized carbons (Fsp3) is 0.267. The minimum atomic E-state index is -1.61. The SMILES string of the molecule is C#Cc1ccc(F)c([C@@]2(CF)N=C(N)S[C@@]3(CF)C=C32)c1. The first-order valence-corrected chi connectivity index (χ1v) is 7.00. The number of amidine groups is 1. The van der Waals surface area contributed by atoms with Crippen LogP contribution in [-0.4, -0.2) is 23.3 Å². The smallest absolute Gasteiger partial charge is 0.156 e. The summed E-state index contributed by atoms with van der Waals surface area (Å²) in [5, 5.41) is 0.0355. The summed E-state index contributed by atoms with van der Waals surface area (Å²) in [6, 6.07) is 3.94. The highest BCUT2D eigenvalue weighted by Crippen LogP contribution is 2.60. The zero-order valence-electron chi connectivity index (χ0n) is 10.9. The van der Waals surface area contributed by atoms with Gasteiger partial charge in [0.1, 0.15) is 24.7 Å². The second-order valence-corrected chi connectivity index (χ2v) is 6.32. The van der Waals surface area contributed by atoms with E-state index >= 15 is 0 Å². The first-order valence-electron chi connectivity index (χ1n) is 6.18. The molecule has 2 nitrogen and oxygen atoms in total. The molecular formula is C15H11F3N2S. The molecule has 0 bridgehead atoms. The average Bonchev–Trinajstić information content (AvgIpc) is 3.22. The number of rotatable bonds is 3. The van der Waals surface area contributed by atoms with Crippen LogP contribution in [0.15, 0.2) is 34.8 Å². The number of alkyl halides is 2. The molecule has 108 valence electrons. The zero-order chi connectivity index (χ0) is 15.3. The van der Waals surface area contributed by atoms with Crippen molar-refractivity contribution in [2.45, 2.75) is 10.3 Å². The van der Waals surface area contributed by atoms with E-state index in [1.54, 1.807) is 6.08 Å². The molecule has 0 saturated carbocycles. The fourth-order valence-electron chi connectivity index (χ4n) is 2.66. The van der Waals surface area contributed by atoms with Crippen molar-refractivity contribution in [3.05, 3.63) is 46.8 Å². The molecule has 2 atom stereocenters. The number of thioether (sulfide) groups is 1. The van der Waals surface area contributed by atoms with Gasteiger partial charge < -0.3 is 5.73 Å². The maximum atomic E-state index is 14.2. The van der Waals surface area contributed by atoms with Crippen LogP contribution in [0.4, 0.5) is 13.2 Å². The number of terminal acetylenes is 1. The summed E-state index contributed by atoms with van der Waals surface area (Å²) < 4.78 is 40.3. The van der Waals surface area contributed by atoms with E-state index in [1.807, 2.05) is 0 Å². The maximum absolute atomic E-state index is 14.2. The Hall–Kier alpha value is -1.87. The molecule has 0 spiro atoms. The molecule has 6 heteroatoms. The highest BCUT2D eigenvalue weighted by atomic mass is 32.2. The molecule has 0 radical (unpaired) electrons. The summed E-state index contributed by atoms with van der Waals surface area (Å²) in [4.78, 5) is 4.09. The van der Waals surface area contributed by atoms with Crippen LogP contribution in [0.3, 0.4) is 0 Å². The van der Waals surface area contributed by atoms with Gasteiger partial charge in [0.05, 0.1) is 4.75 Å². The van der Waals surface area contributed by atoms with Crippen LogP contribution in [0.2, 0.25) is 0 Å². The lowest BCUT2D eigenvalue weighted by molar-refractivity contribution is 0.340. The molecule has 2 N–H and O–H groups in total. The van der Waals surface area contributed by atoms with E-state index in [1.165, 1.54) is 12.1 Å². The van der Waals surface area contributed by atoms with Gasteiger partial charge >= 0.3 is 0 Å². The summed E-state index contributed by atoms with van der Waals surface area (Å²) in [5.74, 6) is 1.73. The Morgan fingerprint density at radius 2 is 2.10 bits per heavy atom. The van der Waals surface area contributed by atoms with E-state index in [-0.39, 0.29) is 10.7 Å². The van der Waals surface area contributed by atoms with Crippen molar-refractivity contribution in [3.8, 4) is 12.3 Å². The number of aliphatic imine (C=N–C) groups is 1. The Morgan fingerprint density at radius 3 is 2.71 bits per heavy atom. The number of benzene rings is 1. The Balaban J connectivity index is 2.20. The Bertz CT molecular complexity index is 722. The van der Waals surface area contributed by atoms with Crippen molar-refractivity contribution in [1.82, 2.24) is 0 Å². The molecule has 1 aromatic carbocycles. The van der Waals surface area contributed by atoms with Crippen molar-refractivity contribution in [2.75, 3.05) is 13.3 Å². The highest BCUT2D eigenvalue weighted by molar-refractivity contribution is 8.15. The van der Waals surface area contributed by atoms with Crippen molar-refractivity contribution in [3.63, 3.8) is 0 Å². The Morgan fingerprint density at radius 1 is 1.33 bits per heavy atom. The maximum Gasteiger partial charge on any atom is 0.156 e. The molecule has 0 amide bonds. The summed E-state index contributed by atoms with van der Waals surface area (Å²) >= 11 is 1.02. The van der Waals surface area contributed by atoms with Crippen LogP contribution in [0.1, 0.15) is 11.1 Å². The zero-order valence-corrected chi connectivity index (χ0v) is 11.7. The highest BCUT2D eigenvalue weighted by Gasteiger charge is 2.60. The molecule has 21 heavy (non-hydrogen) atoms. The van der Waals surface area contributed by atoms with Gasteiger partial charge in [0.15, 0.2) is 5.17 Å². The second kappa shape index (κ2) is 4.57. The third kappa shape index (κ3) is 1.88. The van der Waals surface area contributed by atoms with Gasteiger partial charge in [-0.25, -0.2) is 18.2 Å². The third-order valence-corrected chi connectivity index (χ3v) is 4.87. The number of halogens is 3. The molecule has 2 aliphatic rings. The number of nitrogens with zero attached hydrogens (tertiary/aromatic N) is 1.